The molecule has 0 fully saturated rings. The van der Waals surface area contributed by atoms with Gasteiger partial charge < -0.3 is 5.32 Å². The Morgan fingerprint density at radius 1 is 1.38 bits per heavy atom. The summed E-state index contributed by atoms with van der Waals surface area (Å²) in [5.74, 6) is 0.258. The lowest BCUT2D eigenvalue weighted by atomic mass is 9.96. The van der Waals surface area contributed by atoms with Gasteiger partial charge in [-0.05, 0) is 52.5 Å². The summed E-state index contributed by atoms with van der Waals surface area (Å²) in [6.45, 7) is 7.38. The fourth-order valence-electron chi connectivity index (χ4n) is 1.74. The number of nitrogens with one attached hydrogen (secondary N) is 1. The highest BCUT2D eigenvalue weighted by Gasteiger charge is 2.15. The van der Waals surface area contributed by atoms with E-state index in [0.717, 1.165) is 18.5 Å². The molecule has 1 unspecified atom stereocenters. The summed E-state index contributed by atoms with van der Waals surface area (Å²) in [6, 6.07) is 5.58. The smallest absolute Gasteiger partial charge is 0.137 e. The van der Waals surface area contributed by atoms with Crippen molar-refractivity contribution in [3.8, 4) is 0 Å². The third-order valence-corrected chi connectivity index (χ3v) is 3.23. The molecule has 0 amide bonds. The first-order chi connectivity index (χ1) is 7.56. The van der Waals surface area contributed by atoms with Crippen LogP contribution in [0, 0.1) is 11.7 Å². The lowest BCUT2D eigenvalue weighted by molar-refractivity contribution is 0.411. The molecule has 0 saturated heterocycles. The predicted octanol–water partition coefficient (Wildman–Crippen LogP) is 4.28. The molecule has 1 aromatic carbocycles. The maximum absolute atomic E-state index is 13.5. The summed E-state index contributed by atoms with van der Waals surface area (Å²) in [4.78, 5) is 0. The summed E-state index contributed by atoms with van der Waals surface area (Å²) in [5, 5.41) is 3.45. The topological polar surface area (TPSA) is 12.0 Å². The maximum Gasteiger partial charge on any atom is 0.137 e. The molecule has 3 heteroatoms. The molecule has 90 valence electrons. The van der Waals surface area contributed by atoms with Crippen LogP contribution in [0.2, 0.25) is 0 Å². The van der Waals surface area contributed by atoms with Gasteiger partial charge in [-0.15, -0.1) is 0 Å². The average Bonchev–Trinajstić information content (AvgIpc) is 2.23. The molecule has 0 aliphatic heterocycles. The second-order valence-electron chi connectivity index (χ2n) is 4.35. The molecule has 0 heterocycles. The van der Waals surface area contributed by atoms with Crippen LogP contribution >= 0.6 is 15.9 Å². The Bertz CT molecular complexity index is 339. The first kappa shape index (κ1) is 13.7. The van der Waals surface area contributed by atoms with Crippen molar-refractivity contribution in [3.63, 3.8) is 0 Å². The Hall–Kier alpha value is -0.410. The summed E-state index contributed by atoms with van der Waals surface area (Å²) >= 11 is 3.17. The van der Waals surface area contributed by atoms with E-state index in [1.54, 1.807) is 12.1 Å². The van der Waals surface area contributed by atoms with Crippen molar-refractivity contribution in [1.82, 2.24) is 5.32 Å². The van der Waals surface area contributed by atoms with Gasteiger partial charge in [-0.3, -0.25) is 0 Å². The highest BCUT2D eigenvalue weighted by Crippen LogP contribution is 2.25. The Morgan fingerprint density at radius 3 is 2.56 bits per heavy atom. The second-order valence-corrected chi connectivity index (χ2v) is 5.20. The fourth-order valence-corrected chi connectivity index (χ4v) is 1.99. The van der Waals surface area contributed by atoms with Crippen LogP contribution < -0.4 is 5.32 Å². The van der Waals surface area contributed by atoms with Crippen LogP contribution in [-0.4, -0.2) is 6.54 Å². The average molecular weight is 288 g/mol. The molecule has 0 saturated carbocycles. The molecule has 1 aromatic rings. The minimum atomic E-state index is -0.193. The molecule has 0 aliphatic carbocycles. The van der Waals surface area contributed by atoms with E-state index in [4.69, 9.17) is 0 Å². The molecule has 1 nitrogen and oxygen atoms in total. The van der Waals surface area contributed by atoms with Gasteiger partial charge in [0, 0.05) is 6.04 Å². The van der Waals surface area contributed by atoms with E-state index in [1.807, 2.05) is 6.07 Å². The van der Waals surface area contributed by atoms with Crippen molar-refractivity contribution in [1.29, 1.82) is 0 Å². The molecule has 0 radical (unpaired) electrons. The van der Waals surface area contributed by atoms with E-state index in [-0.39, 0.29) is 11.9 Å². The van der Waals surface area contributed by atoms with Crippen molar-refractivity contribution >= 4 is 15.9 Å². The van der Waals surface area contributed by atoms with E-state index in [1.165, 1.54) is 0 Å². The van der Waals surface area contributed by atoms with Crippen molar-refractivity contribution in [2.75, 3.05) is 6.54 Å². The van der Waals surface area contributed by atoms with E-state index >= 15 is 0 Å². The van der Waals surface area contributed by atoms with E-state index < -0.39 is 0 Å². The SMILES string of the molecule is CCCNC(c1ccc(Br)c(F)c1)C(C)C. The summed E-state index contributed by atoms with van der Waals surface area (Å²) in [5.41, 5.74) is 1.02. The third-order valence-electron chi connectivity index (χ3n) is 2.58. The van der Waals surface area contributed by atoms with E-state index in [9.17, 15) is 4.39 Å². The molecule has 0 aromatic heterocycles. The second kappa shape index (κ2) is 6.36. The van der Waals surface area contributed by atoms with Gasteiger partial charge >= 0.3 is 0 Å². The molecule has 0 spiro atoms. The first-order valence-corrected chi connectivity index (χ1v) is 6.54. The fraction of sp³-hybridized carbons (Fsp3) is 0.538. The standard InChI is InChI=1S/C13H19BrFN/c1-4-7-16-13(9(2)3)10-5-6-11(14)12(15)8-10/h5-6,8-9,13,16H,4,7H2,1-3H3. The quantitative estimate of drug-likeness (QED) is 0.852. The van der Waals surface area contributed by atoms with Gasteiger partial charge in [0.2, 0.25) is 0 Å². The minimum absolute atomic E-state index is 0.193. The van der Waals surface area contributed by atoms with Crippen molar-refractivity contribution < 1.29 is 4.39 Å². The highest BCUT2D eigenvalue weighted by atomic mass is 79.9. The van der Waals surface area contributed by atoms with Gasteiger partial charge in [0.05, 0.1) is 4.47 Å². The number of halogens is 2. The van der Waals surface area contributed by atoms with Crippen LogP contribution in [0.1, 0.15) is 38.8 Å². The van der Waals surface area contributed by atoms with Crippen molar-refractivity contribution in [2.24, 2.45) is 5.92 Å². The van der Waals surface area contributed by atoms with Crippen LogP contribution in [0.5, 0.6) is 0 Å². The van der Waals surface area contributed by atoms with Crippen molar-refractivity contribution in [3.05, 3.63) is 34.1 Å². The zero-order valence-corrected chi connectivity index (χ0v) is 11.6. The number of benzene rings is 1. The third kappa shape index (κ3) is 3.56. The molecule has 1 rings (SSSR count). The largest absolute Gasteiger partial charge is 0.310 e. The Morgan fingerprint density at radius 2 is 2.06 bits per heavy atom. The molecule has 1 N–H and O–H groups in total. The Balaban J connectivity index is 2.88. The zero-order chi connectivity index (χ0) is 12.1. The minimum Gasteiger partial charge on any atom is -0.310 e. The monoisotopic (exact) mass is 287 g/mol. The van der Waals surface area contributed by atoms with Gasteiger partial charge in [0.1, 0.15) is 5.82 Å². The number of hydrogen-bond acceptors (Lipinski definition) is 1. The molecule has 0 aliphatic rings. The first-order valence-electron chi connectivity index (χ1n) is 5.74. The van der Waals surface area contributed by atoms with Gasteiger partial charge in [-0.2, -0.15) is 0 Å². The van der Waals surface area contributed by atoms with Crippen LogP contribution in [0.4, 0.5) is 4.39 Å². The van der Waals surface area contributed by atoms with E-state index in [0.29, 0.717) is 10.4 Å². The van der Waals surface area contributed by atoms with Gasteiger partial charge in [0.15, 0.2) is 0 Å². The van der Waals surface area contributed by atoms with Crippen LogP contribution in [-0.2, 0) is 0 Å². The van der Waals surface area contributed by atoms with Crippen LogP contribution in [0.25, 0.3) is 0 Å². The lowest BCUT2D eigenvalue weighted by Gasteiger charge is -2.23. The molecule has 1 atom stereocenters. The highest BCUT2D eigenvalue weighted by molar-refractivity contribution is 9.10. The molecule has 0 bridgehead atoms. The summed E-state index contributed by atoms with van der Waals surface area (Å²) < 4.78 is 14.0. The number of rotatable bonds is 5. The summed E-state index contributed by atoms with van der Waals surface area (Å²) in [7, 11) is 0. The van der Waals surface area contributed by atoms with Crippen molar-refractivity contribution in [2.45, 2.75) is 33.2 Å². The Kier molecular flexibility index (Phi) is 5.42. The Labute approximate surface area is 106 Å². The molecular weight excluding hydrogens is 269 g/mol. The van der Waals surface area contributed by atoms with Gasteiger partial charge in [-0.1, -0.05) is 26.8 Å². The van der Waals surface area contributed by atoms with Gasteiger partial charge in [-0.25, -0.2) is 4.39 Å². The maximum atomic E-state index is 13.5. The summed E-state index contributed by atoms with van der Waals surface area (Å²) in [6.07, 6.45) is 1.09. The van der Waals surface area contributed by atoms with E-state index in [2.05, 4.69) is 42.0 Å². The van der Waals surface area contributed by atoms with Crippen LogP contribution in [0.3, 0.4) is 0 Å². The predicted molar refractivity (Wildman–Crippen MR) is 70.0 cm³/mol. The van der Waals surface area contributed by atoms with Gasteiger partial charge in [0.25, 0.3) is 0 Å². The normalized spacial score (nSPS) is 13.1. The molecular formula is C13H19BrFN. The lowest BCUT2D eigenvalue weighted by Crippen LogP contribution is -2.26. The zero-order valence-electron chi connectivity index (χ0n) is 10.1. The van der Waals surface area contributed by atoms with Crippen LogP contribution in [0.15, 0.2) is 22.7 Å². The molecule has 16 heavy (non-hydrogen) atoms. The number of hydrogen-bond donors (Lipinski definition) is 1.